The lowest BCUT2D eigenvalue weighted by Crippen LogP contribution is -1.97. The molecule has 0 amide bonds. The Morgan fingerprint density at radius 1 is 1.27 bits per heavy atom. The number of nitrogens with two attached hydrogens (primary N) is 1. The van der Waals surface area contributed by atoms with Gasteiger partial charge in [0.25, 0.3) is 0 Å². The van der Waals surface area contributed by atoms with E-state index >= 15 is 0 Å². The highest BCUT2D eigenvalue weighted by molar-refractivity contribution is 5.37. The molecule has 0 aromatic heterocycles. The molecule has 0 aliphatic heterocycles. The Kier molecular flexibility index (Phi) is 4.91. The smallest absolute Gasteiger partial charge is 0.0340 e. The van der Waals surface area contributed by atoms with Crippen LogP contribution in [0.25, 0.3) is 0 Å². The fraction of sp³-hybridized carbons (Fsp3) is 0.200. The van der Waals surface area contributed by atoms with Gasteiger partial charge in [0.1, 0.15) is 0 Å². The van der Waals surface area contributed by atoms with Crippen molar-refractivity contribution in [3.05, 3.63) is 48.2 Å². The fourth-order valence-corrected chi connectivity index (χ4v) is 0.697. The first-order valence-corrected chi connectivity index (χ1v) is 3.63. The van der Waals surface area contributed by atoms with E-state index in [1.54, 1.807) is 6.08 Å². The summed E-state index contributed by atoms with van der Waals surface area (Å²) in [7, 11) is 0. The normalized spacial score (nSPS) is 14.0. The minimum Gasteiger partial charge on any atom is -0.399 e. The molecule has 1 heteroatoms. The molecule has 11 heavy (non-hydrogen) atoms. The molecule has 0 bridgehead atoms. The summed E-state index contributed by atoms with van der Waals surface area (Å²) in [6.45, 7) is 7.45. The molecule has 0 saturated heterocycles. The highest BCUT2D eigenvalue weighted by Crippen LogP contribution is 2.04. The summed E-state index contributed by atoms with van der Waals surface area (Å²) < 4.78 is 0. The topological polar surface area (TPSA) is 26.0 Å². The van der Waals surface area contributed by atoms with Gasteiger partial charge >= 0.3 is 0 Å². The van der Waals surface area contributed by atoms with E-state index in [-0.39, 0.29) is 0 Å². The molecule has 0 fully saturated rings. The molecule has 0 rings (SSSR count). The fourth-order valence-electron chi connectivity index (χ4n) is 0.697. The highest BCUT2D eigenvalue weighted by Gasteiger charge is 1.90. The summed E-state index contributed by atoms with van der Waals surface area (Å²) in [5, 5.41) is 0. The second kappa shape index (κ2) is 5.54. The molecule has 2 N–H and O–H groups in total. The zero-order valence-electron chi connectivity index (χ0n) is 7.17. The van der Waals surface area contributed by atoms with Gasteiger partial charge in [0, 0.05) is 5.70 Å². The third kappa shape index (κ3) is 3.46. The maximum Gasteiger partial charge on any atom is 0.0340 e. The molecule has 0 aromatic carbocycles. The lowest BCUT2D eigenvalue weighted by Gasteiger charge is -1.98. The second-order valence-electron chi connectivity index (χ2n) is 2.08. The van der Waals surface area contributed by atoms with Crippen molar-refractivity contribution in [3.63, 3.8) is 0 Å². The molecule has 0 aliphatic rings. The molecule has 60 valence electrons. The minimum atomic E-state index is 0.797. The Balaban J connectivity index is 4.44. The molecule has 0 aliphatic carbocycles. The molecular weight excluding hydrogens is 134 g/mol. The number of allylic oxidation sites excluding steroid dienone is 5. The summed E-state index contributed by atoms with van der Waals surface area (Å²) in [4.78, 5) is 0. The molecule has 0 saturated carbocycles. The van der Waals surface area contributed by atoms with E-state index in [4.69, 9.17) is 5.73 Å². The van der Waals surface area contributed by atoms with Crippen LogP contribution in [0.1, 0.15) is 13.8 Å². The largest absolute Gasteiger partial charge is 0.399 e. The first-order chi connectivity index (χ1) is 5.26. The average molecular weight is 149 g/mol. The van der Waals surface area contributed by atoms with Crippen LogP contribution in [0.15, 0.2) is 48.2 Å². The van der Waals surface area contributed by atoms with Crippen LogP contribution in [0.4, 0.5) is 0 Å². The van der Waals surface area contributed by atoms with Gasteiger partial charge in [-0.15, -0.1) is 0 Å². The van der Waals surface area contributed by atoms with Gasteiger partial charge in [-0.3, -0.25) is 0 Å². The van der Waals surface area contributed by atoms with E-state index in [0.717, 1.165) is 11.3 Å². The van der Waals surface area contributed by atoms with Crippen molar-refractivity contribution in [2.24, 2.45) is 5.73 Å². The predicted octanol–water partition coefficient (Wildman–Crippen LogP) is 2.54. The Bertz CT molecular complexity index is 207. The van der Waals surface area contributed by atoms with Crippen LogP contribution >= 0.6 is 0 Å². The van der Waals surface area contributed by atoms with Gasteiger partial charge in [0.2, 0.25) is 0 Å². The van der Waals surface area contributed by atoms with Crippen molar-refractivity contribution < 1.29 is 0 Å². The first kappa shape index (κ1) is 9.76. The van der Waals surface area contributed by atoms with Gasteiger partial charge in [0.05, 0.1) is 0 Å². The van der Waals surface area contributed by atoms with Crippen LogP contribution in [-0.4, -0.2) is 0 Å². The Morgan fingerprint density at radius 2 is 1.91 bits per heavy atom. The lowest BCUT2D eigenvalue weighted by atomic mass is 10.1. The molecule has 0 unspecified atom stereocenters. The summed E-state index contributed by atoms with van der Waals surface area (Å²) in [6.07, 6.45) is 9.37. The van der Waals surface area contributed by atoms with Crippen molar-refractivity contribution >= 4 is 0 Å². The Morgan fingerprint density at radius 3 is 2.27 bits per heavy atom. The third-order valence-corrected chi connectivity index (χ3v) is 1.37. The maximum atomic E-state index is 5.68. The number of hydrogen-bond donors (Lipinski definition) is 1. The average Bonchev–Trinajstić information content (AvgIpc) is 2.05. The van der Waals surface area contributed by atoms with Gasteiger partial charge in [0.15, 0.2) is 0 Å². The van der Waals surface area contributed by atoms with E-state index in [1.807, 2.05) is 38.2 Å². The Labute approximate surface area is 68.6 Å². The molecule has 0 radical (unpaired) electrons. The van der Waals surface area contributed by atoms with Crippen LogP contribution < -0.4 is 5.73 Å². The van der Waals surface area contributed by atoms with Gasteiger partial charge in [-0.2, -0.15) is 0 Å². The van der Waals surface area contributed by atoms with Crippen LogP contribution in [0, 0.1) is 0 Å². The summed E-state index contributed by atoms with van der Waals surface area (Å²) in [6, 6.07) is 0. The van der Waals surface area contributed by atoms with Crippen LogP contribution in [0.5, 0.6) is 0 Å². The van der Waals surface area contributed by atoms with Crippen molar-refractivity contribution in [2.75, 3.05) is 0 Å². The quantitative estimate of drug-likeness (QED) is 0.613. The van der Waals surface area contributed by atoms with Gasteiger partial charge < -0.3 is 5.73 Å². The summed E-state index contributed by atoms with van der Waals surface area (Å²) >= 11 is 0. The zero-order chi connectivity index (χ0) is 8.69. The first-order valence-electron chi connectivity index (χ1n) is 3.63. The van der Waals surface area contributed by atoms with Crippen LogP contribution in [0.3, 0.4) is 0 Å². The standard InChI is InChI=1S/C10H15N/c1-4-7-8-9(5-2)10(11)6-3/h4-8H,1,11H2,2-3H3/b8-7-,9-5-,10-6+. The van der Waals surface area contributed by atoms with E-state index in [9.17, 15) is 0 Å². The summed E-state index contributed by atoms with van der Waals surface area (Å²) in [5.74, 6) is 0. The predicted molar refractivity (Wildman–Crippen MR) is 51.0 cm³/mol. The minimum absolute atomic E-state index is 0.797. The zero-order valence-corrected chi connectivity index (χ0v) is 7.17. The van der Waals surface area contributed by atoms with E-state index in [2.05, 4.69) is 6.58 Å². The summed E-state index contributed by atoms with van der Waals surface area (Å²) in [5.41, 5.74) is 7.51. The molecular formula is C10H15N. The molecule has 0 heterocycles. The molecule has 0 aromatic rings. The Hall–Kier alpha value is -1.24. The van der Waals surface area contributed by atoms with Crippen LogP contribution in [0.2, 0.25) is 0 Å². The van der Waals surface area contributed by atoms with Crippen molar-refractivity contribution in [1.29, 1.82) is 0 Å². The van der Waals surface area contributed by atoms with Gasteiger partial charge in [-0.25, -0.2) is 0 Å². The van der Waals surface area contributed by atoms with Crippen LogP contribution in [-0.2, 0) is 0 Å². The van der Waals surface area contributed by atoms with E-state index < -0.39 is 0 Å². The van der Waals surface area contributed by atoms with E-state index in [0.29, 0.717) is 0 Å². The maximum absolute atomic E-state index is 5.68. The highest BCUT2D eigenvalue weighted by atomic mass is 14.6. The SMILES string of the molecule is C=C\C=C/C(=C/C)C(/N)=C\C. The molecule has 1 nitrogen and oxygen atoms in total. The second-order valence-corrected chi connectivity index (χ2v) is 2.08. The molecule has 0 atom stereocenters. The number of rotatable bonds is 3. The van der Waals surface area contributed by atoms with E-state index in [1.165, 1.54) is 0 Å². The number of hydrogen-bond acceptors (Lipinski definition) is 1. The van der Waals surface area contributed by atoms with Gasteiger partial charge in [-0.05, 0) is 19.4 Å². The molecule has 0 spiro atoms. The lowest BCUT2D eigenvalue weighted by molar-refractivity contribution is 1.32. The monoisotopic (exact) mass is 149 g/mol. The van der Waals surface area contributed by atoms with Gasteiger partial charge in [-0.1, -0.05) is 37.0 Å². The van der Waals surface area contributed by atoms with Crippen molar-refractivity contribution in [1.82, 2.24) is 0 Å². The van der Waals surface area contributed by atoms with Crippen molar-refractivity contribution in [2.45, 2.75) is 13.8 Å². The van der Waals surface area contributed by atoms with Crippen molar-refractivity contribution in [3.8, 4) is 0 Å². The third-order valence-electron chi connectivity index (χ3n) is 1.37.